The summed E-state index contributed by atoms with van der Waals surface area (Å²) in [4.78, 5) is 25.1. The molecule has 1 atom stereocenters. The van der Waals surface area contributed by atoms with Crippen LogP contribution in [0.4, 0.5) is 10.2 Å². The molecular weight excluding hydrogens is 467 g/mol. The molecule has 1 saturated heterocycles. The number of nitrogens with one attached hydrogen (secondary N) is 1. The Morgan fingerprint density at radius 3 is 2.68 bits per heavy atom. The van der Waals surface area contributed by atoms with Crippen LogP contribution in [-0.2, 0) is 0 Å². The summed E-state index contributed by atoms with van der Waals surface area (Å²) in [5, 5.41) is 14.1. The number of nitrogens with zero attached hydrogens (tertiary/aromatic N) is 5. The van der Waals surface area contributed by atoms with Crippen LogP contribution in [0.2, 0.25) is 0 Å². The monoisotopic (exact) mass is 496 g/mol. The highest BCUT2D eigenvalue weighted by molar-refractivity contribution is 5.96. The lowest BCUT2D eigenvalue weighted by Crippen LogP contribution is -2.50. The van der Waals surface area contributed by atoms with Gasteiger partial charge in [0, 0.05) is 48.4 Å². The summed E-state index contributed by atoms with van der Waals surface area (Å²) in [6.45, 7) is 10.3. The quantitative estimate of drug-likeness (QED) is 0.441. The summed E-state index contributed by atoms with van der Waals surface area (Å²) in [5.41, 5.74) is 3.51. The van der Waals surface area contributed by atoms with Gasteiger partial charge in [-0.1, -0.05) is 32.0 Å². The molecule has 0 spiro atoms. The first-order valence-electron chi connectivity index (χ1n) is 12.5. The molecule has 37 heavy (non-hydrogen) atoms. The van der Waals surface area contributed by atoms with Gasteiger partial charge in [0.2, 0.25) is 0 Å². The molecule has 7 nitrogen and oxygen atoms in total. The summed E-state index contributed by atoms with van der Waals surface area (Å²) in [7, 11) is 0. The Bertz CT molecular complexity index is 1600. The van der Waals surface area contributed by atoms with Crippen molar-refractivity contribution in [2.75, 3.05) is 24.5 Å². The number of halogens is 1. The summed E-state index contributed by atoms with van der Waals surface area (Å²) in [6, 6.07) is 14.1. The molecule has 1 N–H and O–H groups in total. The van der Waals surface area contributed by atoms with Crippen LogP contribution in [-0.4, -0.2) is 40.2 Å². The first-order chi connectivity index (χ1) is 17.8. The normalized spacial score (nSPS) is 15.8. The van der Waals surface area contributed by atoms with Crippen molar-refractivity contribution in [2.45, 2.75) is 39.7 Å². The van der Waals surface area contributed by atoms with Crippen LogP contribution in [0, 0.1) is 24.1 Å². The summed E-state index contributed by atoms with van der Waals surface area (Å²) in [6.07, 6.45) is 1.74. The topological polar surface area (TPSA) is 86.8 Å². The molecule has 1 fully saturated rings. The molecule has 4 aromatic rings. The molecule has 0 radical (unpaired) electrons. The van der Waals surface area contributed by atoms with Gasteiger partial charge in [-0.3, -0.25) is 9.55 Å². The fourth-order valence-corrected chi connectivity index (χ4v) is 5.13. The van der Waals surface area contributed by atoms with Crippen LogP contribution < -0.4 is 15.9 Å². The average Bonchev–Trinajstić information content (AvgIpc) is 2.88. The molecule has 1 aliphatic heterocycles. The predicted octanol–water partition coefficient (Wildman–Crippen LogP) is 4.69. The minimum Gasteiger partial charge on any atom is -0.351 e. The van der Waals surface area contributed by atoms with Gasteiger partial charge in [-0.2, -0.15) is 10.2 Å². The third kappa shape index (κ3) is 4.25. The summed E-state index contributed by atoms with van der Waals surface area (Å²) < 4.78 is 16.5. The smallest absolute Gasteiger partial charge is 0.351 e. The Kier molecular flexibility index (Phi) is 6.48. The number of aromatic nitrogens is 3. The molecule has 1 unspecified atom stereocenters. The first-order valence-corrected chi connectivity index (χ1v) is 12.5. The van der Waals surface area contributed by atoms with Gasteiger partial charge in [-0.25, -0.2) is 9.18 Å². The molecule has 0 saturated carbocycles. The molecule has 1 aliphatic rings. The fraction of sp³-hybridized carbons (Fsp3) is 0.310. The number of hydrogen-bond donors (Lipinski definition) is 1. The van der Waals surface area contributed by atoms with E-state index >= 15 is 0 Å². The van der Waals surface area contributed by atoms with E-state index < -0.39 is 11.5 Å². The second-order valence-corrected chi connectivity index (χ2v) is 9.82. The largest absolute Gasteiger partial charge is 0.354 e. The van der Waals surface area contributed by atoms with Gasteiger partial charge in [0.25, 0.3) is 0 Å². The Hall–Kier alpha value is -4.09. The lowest BCUT2D eigenvalue weighted by Gasteiger charge is -2.35. The molecule has 0 amide bonds. The number of piperazine rings is 1. The van der Waals surface area contributed by atoms with Gasteiger partial charge >= 0.3 is 5.69 Å². The number of nitriles is 1. The van der Waals surface area contributed by atoms with E-state index in [1.54, 1.807) is 41.1 Å². The molecule has 3 heterocycles. The van der Waals surface area contributed by atoms with Gasteiger partial charge < -0.3 is 10.2 Å². The van der Waals surface area contributed by atoms with Gasteiger partial charge in [0.05, 0.1) is 28.5 Å². The molecule has 188 valence electrons. The number of rotatable bonds is 4. The SMILES string of the molecule is Cc1ccnc(C(C)C)c1-n1c(=O)nc(N2CCNCC2C)c2cc(C#N)c(-c3ccccc3F)cc21. The number of aryl methyl sites for hydroxylation is 1. The lowest BCUT2D eigenvalue weighted by molar-refractivity contribution is 0.497. The van der Waals surface area contributed by atoms with Crippen LogP contribution in [0.15, 0.2) is 53.5 Å². The zero-order chi connectivity index (χ0) is 26.3. The highest BCUT2D eigenvalue weighted by atomic mass is 19.1. The van der Waals surface area contributed by atoms with Crippen molar-refractivity contribution in [3.63, 3.8) is 0 Å². The zero-order valence-corrected chi connectivity index (χ0v) is 21.4. The molecule has 2 aromatic heterocycles. The maximum atomic E-state index is 14.9. The van der Waals surface area contributed by atoms with Crippen molar-refractivity contribution in [1.82, 2.24) is 19.9 Å². The Morgan fingerprint density at radius 1 is 1.19 bits per heavy atom. The second kappa shape index (κ2) is 9.75. The number of pyridine rings is 1. The summed E-state index contributed by atoms with van der Waals surface area (Å²) >= 11 is 0. The number of benzene rings is 2. The van der Waals surface area contributed by atoms with Gasteiger partial charge in [-0.05, 0) is 49.6 Å². The van der Waals surface area contributed by atoms with Gasteiger partial charge in [0.1, 0.15) is 11.6 Å². The molecule has 8 heteroatoms. The van der Waals surface area contributed by atoms with Crippen LogP contribution >= 0.6 is 0 Å². The number of fused-ring (bicyclic) bond motifs is 1. The van der Waals surface area contributed by atoms with Gasteiger partial charge in [0.15, 0.2) is 0 Å². The van der Waals surface area contributed by atoms with Crippen LogP contribution in [0.5, 0.6) is 0 Å². The molecule has 5 rings (SSSR count). The average molecular weight is 497 g/mol. The number of hydrogen-bond acceptors (Lipinski definition) is 6. The highest BCUT2D eigenvalue weighted by Gasteiger charge is 2.26. The fourth-order valence-electron chi connectivity index (χ4n) is 5.13. The second-order valence-electron chi connectivity index (χ2n) is 9.82. The molecular formula is C29H29FN6O. The predicted molar refractivity (Wildman–Crippen MR) is 144 cm³/mol. The van der Waals surface area contributed by atoms with Crippen molar-refractivity contribution >= 4 is 16.7 Å². The van der Waals surface area contributed by atoms with Crippen LogP contribution in [0.3, 0.4) is 0 Å². The molecule has 0 aliphatic carbocycles. The third-order valence-corrected chi connectivity index (χ3v) is 6.99. The standard InChI is InChI=1S/C29H29FN6O/c1-17(2)26-27(18(3)9-10-33-26)36-25-14-22(21-7-5-6-8-24(21)30)20(15-31)13-23(25)28(34-29(36)37)35-12-11-32-16-19(35)4/h5-10,13-14,17,19,32H,11-12,16H2,1-4H3. The number of anilines is 1. The van der Waals surface area contributed by atoms with E-state index in [-0.39, 0.29) is 12.0 Å². The van der Waals surface area contributed by atoms with E-state index in [2.05, 4.69) is 33.2 Å². The maximum absolute atomic E-state index is 14.9. The van der Waals surface area contributed by atoms with Crippen molar-refractivity contribution in [2.24, 2.45) is 0 Å². The zero-order valence-electron chi connectivity index (χ0n) is 21.4. The van der Waals surface area contributed by atoms with Crippen LogP contribution in [0.1, 0.15) is 43.5 Å². The van der Waals surface area contributed by atoms with Crippen molar-refractivity contribution < 1.29 is 4.39 Å². The third-order valence-electron chi connectivity index (χ3n) is 6.99. The van der Waals surface area contributed by atoms with Crippen LogP contribution in [0.25, 0.3) is 27.7 Å². The lowest BCUT2D eigenvalue weighted by atomic mass is 9.96. The Labute approximate surface area is 215 Å². The van der Waals surface area contributed by atoms with E-state index in [0.29, 0.717) is 45.6 Å². The van der Waals surface area contributed by atoms with Crippen molar-refractivity contribution in [3.8, 4) is 22.9 Å². The van der Waals surface area contributed by atoms with Crippen molar-refractivity contribution in [3.05, 3.63) is 81.8 Å². The highest BCUT2D eigenvalue weighted by Crippen LogP contribution is 2.35. The van der Waals surface area contributed by atoms with E-state index in [0.717, 1.165) is 24.3 Å². The van der Waals surface area contributed by atoms with E-state index in [1.165, 1.54) is 6.07 Å². The van der Waals surface area contributed by atoms with Gasteiger partial charge in [-0.15, -0.1) is 0 Å². The van der Waals surface area contributed by atoms with E-state index in [4.69, 9.17) is 0 Å². The van der Waals surface area contributed by atoms with Crippen molar-refractivity contribution in [1.29, 1.82) is 5.26 Å². The molecule has 2 aromatic carbocycles. The van der Waals surface area contributed by atoms with E-state index in [1.807, 2.05) is 26.8 Å². The minimum absolute atomic E-state index is 0.0501. The summed E-state index contributed by atoms with van der Waals surface area (Å²) in [5.74, 6) is 0.154. The molecule has 0 bridgehead atoms. The van der Waals surface area contributed by atoms with E-state index in [9.17, 15) is 14.4 Å². The minimum atomic E-state index is -0.435. The Balaban J connectivity index is 1.94. The Morgan fingerprint density at radius 2 is 1.97 bits per heavy atom. The first kappa shape index (κ1) is 24.6. The maximum Gasteiger partial charge on any atom is 0.354 e.